The number of rotatable bonds is 2. The molecule has 0 aromatic rings. The Morgan fingerprint density at radius 2 is 2.05 bits per heavy atom. The number of fused-ring (bicyclic) bond motifs is 1. The third kappa shape index (κ3) is 1.63. The number of carbonyl (C=O) groups excluding carboxylic acids is 1. The van der Waals surface area contributed by atoms with Gasteiger partial charge in [0.15, 0.2) is 0 Å². The molecule has 2 N–H and O–H groups in total. The van der Waals surface area contributed by atoms with Gasteiger partial charge in [0, 0.05) is 37.1 Å². The van der Waals surface area contributed by atoms with Crippen molar-refractivity contribution < 1.29 is 9.53 Å². The minimum Gasteiger partial charge on any atom is -0.377 e. The monoisotopic (exact) mass is 281 g/mol. The van der Waals surface area contributed by atoms with Gasteiger partial charge in [-0.2, -0.15) is 0 Å². The normalized spacial score (nSPS) is 42.7. The van der Waals surface area contributed by atoms with E-state index in [2.05, 4.69) is 32.8 Å². The van der Waals surface area contributed by atoms with Crippen LogP contribution in [0.2, 0.25) is 0 Å². The molecule has 1 saturated carbocycles. The third-order valence-electron chi connectivity index (χ3n) is 5.99. The summed E-state index contributed by atoms with van der Waals surface area (Å²) >= 11 is 0. The van der Waals surface area contributed by atoms with Crippen molar-refractivity contribution >= 4 is 5.91 Å². The van der Waals surface area contributed by atoms with Gasteiger partial charge in [-0.3, -0.25) is 4.79 Å². The zero-order chi connectivity index (χ0) is 14.7. The molecule has 1 amide bonds. The van der Waals surface area contributed by atoms with Crippen LogP contribution in [0, 0.1) is 11.3 Å². The molecule has 0 aromatic heterocycles. The Hall–Kier alpha value is -0.650. The van der Waals surface area contributed by atoms with Crippen molar-refractivity contribution in [2.75, 3.05) is 33.8 Å². The van der Waals surface area contributed by atoms with E-state index < -0.39 is 5.54 Å². The fourth-order valence-electron chi connectivity index (χ4n) is 4.43. The summed E-state index contributed by atoms with van der Waals surface area (Å²) in [7, 11) is 4.15. The van der Waals surface area contributed by atoms with Gasteiger partial charge >= 0.3 is 0 Å². The van der Waals surface area contributed by atoms with E-state index in [1.54, 1.807) is 0 Å². The number of hydrogen-bond acceptors (Lipinski definition) is 4. The largest absolute Gasteiger partial charge is 0.377 e. The topological polar surface area (TPSA) is 58.8 Å². The summed E-state index contributed by atoms with van der Waals surface area (Å²) in [6.45, 7) is 6.53. The van der Waals surface area contributed by atoms with Crippen molar-refractivity contribution in [3.05, 3.63) is 0 Å². The highest BCUT2D eigenvalue weighted by atomic mass is 16.5. The number of nitrogens with zero attached hydrogens (tertiary/aromatic N) is 2. The Morgan fingerprint density at radius 1 is 1.35 bits per heavy atom. The van der Waals surface area contributed by atoms with E-state index in [9.17, 15) is 4.79 Å². The van der Waals surface area contributed by atoms with Gasteiger partial charge in [-0.05, 0) is 26.9 Å². The Balaban J connectivity index is 1.77. The first-order chi connectivity index (χ1) is 9.30. The molecule has 5 heteroatoms. The fourth-order valence-corrected chi connectivity index (χ4v) is 4.43. The molecular formula is C15H27N3O2. The van der Waals surface area contributed by atoms with Gasteiger partial charge < -0.3 is 20.3 Å². The van der Waals surface area contributed by atoms with Crippen molar-refractivity contribution in [3.63, 3.8) is 0 Å². The Labute approximate surface area is 121 Å². The van der Waals surface area contributed by atoms with Crippen LogP contribution in [0.15, 0.2) is 0 Å². The lowest BCUT2D eigenvalue weighted by Gasteiger charge is -2.61. The van der Waals surface area contributed by atoms with Crippen LogP contribution in [0.4, 0.5) is 0 Å². The first-order valence-electron chi connectivity index (χ1n) is 7.66. The summed E-state index contributed by atoms with van der Waals surface area (Å²) in [5.74, 6) is 0.335. The van der Waals surface area contributed by atoms with Gasteiger partial charge in [0.2, 0.25) is 5.91 Å². The molecule has 4 atom stereocenters. The molecule has 20 heavy (non-hydrogen) atoms. The summed E-state index contributed by atoms with van der Waals surface area (Å²) in [4.78, 5) is 17.2. The third-order valence-corrected chi connectivity index (χ3v) is 5.99. The van der Waals surface area contributed by atoms with Crippen LogP contribution in [0.5, 0.6) is 0 Å². The van der Waals surface area contributed by atoms with E-state index in [0.29, 0.717) is 6.04 Å². The van der Waals surface area contributed by atoms with Gasteiger partial charge in [0.25, 0.3) is 0 Å². The first-order valence-corrected chi connectivity index (χ1v) is 7.66. The lowest BCUT2D eigenvalue weighted by molar-refractivity contribution is -0.183. The van der Waals surface area contributed by atoms with Gasteiger partial charge in [0.1, 0.15) is 5.54 Å². The highest BCUT2D eigenvalue weighted by Gasteiger charge is 2.72. The van der Waals surface area contributed by atoms with Crippen LogP contribution in [-0.2, 0) is 9.53 Å². The zero-order valence-electron chi connectivity index (χ0n) is 13.1. The number of hydrogen-bond donors (Lipinski definition) is 1. The van der Waals surface area contributed by atoms with Crippen LogP contribution < -0.4 is 5.73 Å². The maximum Gasteiger partial charge on any atom is 0.243 e. The highest BCUT2D eigenvalue weighted by molar-refractivity contribution is 5.90. The molecule has 2 aliphatic heterocycles. The van der Waals surface area contributed by atoms with Crippen molar-refractivity contribution in [2.24, 2.45) is 17.1 Å². The predicted octanol–water partition coefficient (Wildman–Crippen LogP) is 0.291. The fraction of sp³-hybridized carbons (Fsp3) is 0.933. The first kappa shape index (κ1) is 14.3. The quantitative estimate of drug-likeness (QED) is 0.790. The second kappa shape index (κ2) is 4.42. The summed E-state index contributed by atoms with van der Waals surface area (Å²) < 4.78 is 5.78. The molecule has 3 rings (SSSR count). The molecule has 3 aliphatic rings. The van der Waals surface area contributed by atoms with Crippen LogP contribution >= 0.6 is 0 Å². The molecular weight excluding hydrogens is 254 g/mol. The smallest absolute Gasteiger partial charge is 0.243 e. The maximum absolute atomic E-state index is 13.0. The second-order valence-electron chi connectivity index (χ2n) is 7.43. The van der Waals surface area contributed by atoms with Crippen molar-refractivity contribution in [2.45, 2.75) is 44.4 Å². The second-order valence-corrected chi connectivity index (χ2v) is 7.43. The van der Waals surface area contributed by atoms with E-state index >= 15 is 0 Å². The number of likely N-dealkylation sites (tertiary alicyclic amines) is 1. The van der Waals surface area contributed by atoms with Gasteiger partial charge in [-0.25, -0.2) is 0 Å². The Bertz CT molecular complexity index is 423. The lowest BCUT2D eigenvalue weighted by atomic mass is 9.47. The maximum atomic E-state index is 13.0. The molecule has 2 heterocycles. The predicted molar refractivity (Wildman–Crippen MR) is 77.2 cm³/mol. The van der Waals surface area contributed by atoms with Crippen LogP contribution in [0.1, 0.15) is 26.7 Å². The van der Waals surface area contributed by atoms with Crippen LogP contribution in [0.25, 0.3) is 0 Å². The summed E-state index contributed by atoms with van der Waals surface area (Å²) in [5.41, 5.74) is 5.62. The number of nitrogens with two attached hydrogens (primary N) is 1. The average molecular weight is 281 g/mol. The molecule has 114 valence electrons. The van der Waals surface area contributed by atoms with Gasteiger partial charge in [-0.15, -0.1) is 0 Å². The molecule has 0 bridgehead atoms. The average Bonchev–Trinajstić information content (AvgIpc) is 3.04. The lowest BCUT2D eigenvalue weighted by Crippen LogP contribution is -2.80. The minimum absolute atomic E-state index is 0.138. The number of amides is 1. The molecule has 3 fully saturated rings. The van der Waals surface area contributed by atoms with Crippen molar-refractivity contribution in [3.8, 4) is 0 Å². The highest BCUT2D eigenvalue weighted by Crippen LogP contribution is 2.58. The molecule has 0 aromatic carbocycles. The van der Waals surface area contributed by atoms with E-state index in [1.807, 2.05) is 4.90 Å². The molecule has 4 unspecified atom stereocenters. The summed E-state index contributed by atoms with van der Waals surface area (Å²) in [6.07, 6.45) is 2.12. The van der Waals surface area contributed by atoms with E-state index in [4.69, 9.17) is 10.5 Å². The minimum atomic E-state index is -0.741. The number of carbonyl (C=O) groups is 1. The van der Waals surface area contributed by atoms with Crippen LogP contribution in [0.3, 0.4) is 0 Å². The molecule has 2 saturated heterocycles. The standard InChI is InChI=1S/C15H27N3O2/c1-14(2)12-11(6-8-20-12)15(14,16)13(19)18-7-5-10(9-18)17(3)4/h10-12H,5-9,16H2,1-4H3. The number of ether oxygens (including phenoxy) is 1. The van der Waals surface area contributed by atoms with Gasteiger partial charge in [0.05, 0.1) is 6.10 Å². The van der Waals surface area contributed by atoms with E-state index in [0.717, 1.165) is 32.5 Å². The molecule has 0 spiro atoms. The molecule has 0 radical (unpaired) electrons. The van der Waals surface area contributed by atoms with E-state index in [1.165, 1.54) is 0 Å². The van der Waals surface area contributed by atoms with Crippen molar-refractivity contribution in [1.82, 2.24) is 9.80 Å². The van der Waals surface area contributed by atoms with E-state index in [-0.39, 0.29) is 23.3 Å². The van der Waals surface area contributed by atoms with Crippen molar-refractivity contribution in [1.29, 1.82) is 0 Å². The summed E-state index contributed by atoms with van der Waals surface area (Å²) in [6, 6.07) is 0.460. The van der Waals surface area contributed by atoms with Crippen LogP contribution in [-0.4, -0.2) is 67.2 Å². The van der Waals surface area contributed by atoms with Gasteiger partial charge in [-0.1, -0.05) is 13.8 Å². The Kier molecular flexibility index (Phi) is 3.16. The molecule has 1 aliphatic carbocycles. The SMILES string of the molecule is CN(C)C1CCN(C(=O)C2(N)C3CCOC3C2(C)C)C1. The molecule has 5 nitrogen and oxygen atoms in total. The zero-order valence-corrected chi connectivity index (χ0v) is 13.1. The summed E-state index contributed by atoms with van der Waals surface area (Å²) in [5, 5.41) is 0. The number of likely N-dealkylation sites (N-methyl/N-ethyl adjacent to an activating group) is 1. The Morgan fingerprint density at radius 3 is 2.65 bits per heavy atom.